The molecule has 3 rings (SSSR count). The molecule has 0 aromatic carbocycles. The molecule has 1 N–H and O–H groups in total. The molecule has 0 aliphatic carbocycles. The summed E-state index contributed by atoms with van der Waals surface area (Å²) < 4.78 is 44.6. The van der Waals surface area contributed by atoms with E-state index in [1.165, 1.54) is 4.57 Å². The molecule has 2 aromatic heterocycles. The number of aromatic nitrogens is 3. The second-order valence-electron chi connectivity index (χ2n) is 6.01. The molecule has 0 fully saturated rings. The van der Waals surface area contributed by atoms with E-state index >= 15 is 0 Å². The molecular formula is C15H17F3N4O2. The summed E-state index contributed by atoms with van der Waals surface area (Å²) in [6.07, 6.45) is -2.26. The highest BCUT2D eigenvalue weighted by molar-refractivity contribution is 5.96. The number of aryl methyl sites for hydroxylation is 3. The number of rotatable bonds is 3. The first-order valence-corrected chi connectivity index (χ1v) is 7.60. The van der Waals surface area contributed by atoms with Gasteiger partial charge in [-0.2, -0.15) is 13.2 Å². The van der Waals surface area contributed by atoms with Gasteiger partial charge in [0.1, 0.15) is 17.1 Å². The molecule has 3 heterocycles. The molecule has 0 spiro atoms. The van der Waals surface area contributed by atoms with Crippen molar-refractivity contribution in [1.29, 1.82) is 0 Å². The van der Waals surface area contributed by atoms with Crippen molar-refractivity contribution in [3.8, 4) is 0 Å². The minimum absolute atomic E-state index is 0.0530. The van der Waals surface area contributed by atoms with Crippen molar-refractivity contribution in [1.82, 2.24) is 20.0 Å². The number of alkyl halides is 3. The zero-order chi connectivity index (χ0) is 17.5. The summed E-state index contributed by atoms with van der Waals surface area (Å²) in [5.74, 6) is 0.659. The van der Waals surface area contributed by atoms with E-state index < -0.39 is 11.9 Å². The molecule has 1 aliphatic heterocycles. The van der Waals surface area contributed by atoms with Crippen LogP contribution in [-0.2, 0) is 19.1 Å². The topological polar surface area (TPSA) is 73.0 Å². The zero-order valence-corrected chi connectivity index (χ0v) is 13.3. The van der Waals surface area contributed by atoms with Gasteiger partial charge in [-0.25, -0.2) is 4.98 Å². The highest BCUT2D eigenvalue weighted by Gasteiger charge is 2.35. The van der Waals surface area contributed by atoms with E-state index in [2.05, 4.69) is 15.5 Å². The Morgan fingerprint density at radius 3 is 2.83 bits per heavy atom. The molecule has 0 bridgehead atoms. The third-order valence-corrected chi connectivity index (χ3v) is 4.19. The SMILES string of the molecule is Cc1noc(C)c1C(=O)NCC1CCc2nc(C(F)(F)F)cn2C1. The Morgan fingerprint density at radius 2 is 2.21 bits per heavy atom. The number of halogens is 3. The summed E-state index contributed by atoms with van der Waals surface area (Å²) in [5.41, 5.74) is 0.0618. The fraction of sp³-hybridized carbons (Fsp3) is 0.533. The van der Waals surface area contributed by atoms with Crippen molar-refractivity contribution in [3.05, 3.63) is 34.7 Å². The second-order valence-corrected chi connectivity index (χ2v) is 6.01. The van der Waals surface area contributed by atoms with Gasteiger partial charge in [0.25, 0.3) is 5.91 Å². The summed E-state index contributed by atoms with van der Waals surface area (Å²) >= 11 is 0. The summed E-state index contributed by atoms with van der Waals surface area (Å²) in [6.45, 7) is 4.12. The Balaban J connectivity index is 1.62. The highest BCUT2D eigenvalue weighted by Crippen LogP contribution is 2.30. The van der Waals surface area contributed by atoms with Gasteiger partial charge >= 0.3 is 6.18 Å². The number of carbonyl (C=O) groups is 1. The van der Waals surface area contributed by atoms with Gasteiger partial charge < -0.3 is 14.4 Å². The minimum Gasteiger partial charge on any atom is -0.361 e. The number of amides is 1. The van der Waals surface area contributed by atoms with Crippen LogP contribution in [0.4, 0.5) is 13.2 Å². The normalized spacial score (nSPS) is 17.6. The van der Waals surface area contributed by atoms with E-state index in [4.69, 9.17) is 4.52 Å². The minimum atomic E-state index is -4.43. The monoisotopic (exact) mass is 342 g/mol. The molecule has 6 nitrogen and oxygen atoms in total. The standard InChI is InChI=1S/C15H17F3N4O2/c1-8-13(9(2)24-21-8)14(23)19-5-10-3-4-12-20-11(15(16,17)18)7-22(12)6-10/h7,10H,3-6H2,1-2H3,(H,19,23). The van der Waals surface area contributed by atoms with Crippen molar-refractivity contribution in [2.75, 3.05) is 6.54 Å². The average molecular weight is 342 g/mol. The predicted molar refractivity (Wildman–Crippen MR) is 77.4 cm³/mol. The average Bonchev–Trinajstić information content (AvgIpc) is 3.07. The fourth-order valence-corrected chi connectivity index (χ4v) is 2.95. The number of hydrogen-bond donors (Lipinski definition) is 1. The van der Waals surface area contributed by atoms with Crippen LogP contribution in [0.2, 0.25) is 0 Å². The Kier molecular flexibility index (Phi) is 4.10. The van der Waals surface area contributed by atoms with Gasteiger partial charge in [-0.3, -0.25) is 4.79 Å². The van der Waals surface area contributed by atoms with Crippen LogP contribution in [0.15, 0.2) is 10.7 Å². The lowest BCUT2D eigenvalue weighted by atomic mass is 9.99. The summed E-state index contributed by atoms with van der Waals surface area (Å²) in [4.78, 5) is 15.8. The maximum Gasteiger partial charge on any atom is 0.434 e. The first-order valence-electron chi connectivity index (χ1n) is 7.60. The van der Waals surface area contributed by atoms with Crippen LogP contribution < -0.4 is 5.32 Å². The van der Waals surface area contributed by atoms with Crippen molar-refractivity contribution in [2.45, 2.75) is 39.4 Å². The van der Waals surface area contributed by atoms with E-state index in [0.717, 1.165) is 6.20 Å². The molecule has 130 valence electrons. The Hall–Kier alpha value is -2.32. The summed E-state index contributed by atoms with van der Waals surface area (Å²) in [6, 6.07) is 0. The number of carbonyl (C=O) groups excluding carboxylic acids is 1. The van der Waals surface area contributed by atoms with E-state index in [1.807, 2.05) is 0 Å². The van der Waals surface area contributed by atoms with Gasteiger partial charge in [0, 0.05) is 25.7 Å². The summed E-state index contributed by atoms with van der Waals surface area (Å²) in [5, 5.41) is 6.54. The lowest BCUT2D eigenvalue weighted by molar-refractivity contribution is -0.141. The summed E-state index contributed by atoms with van der Waals surface area (Å²) in [7, 11) is 0. The first kappa shape index (κ1) is 16.5. The Morgan fingerprint density at radius 1 is 1.46 bits per heavy atom. The molecule has 9 heteroatoms. The van der Waals surface area contributed by atoms with Crippen LogP contribution in [-0.4, -0.2) is 27.2 Å². The van der Waals surface area contributed by atoms with Crippen molar-refractivity contribution < 1.29 is 22.5 Å². The second kappa shape index (κ2) is 5.95. The number of fused-ring (bicyclic) bond motifs is 1. The molecule has 1 unspecified atom stereocenters. The van der Waals surface area contributed by atoms with Gasteiger partial charge in [-0.1, -0.05) is 5.16 Å². The molecule has 1 atom stereocenters. The number of imidazole rings is 1. The van der Waals surface area contributed by atoms with E-state index in [-0.39, 0.29) is 11.8 Å². The van der Waals surface area contributed by atoms with Crippen LogP contribution in [0.5, 0.6) is 0 Å². The predicted octanol–water partition coefficient (Wildman–Crippen LogP) is 2.50. The quantitative estimate of drug-likeness (QED) is 0.930. The molecular weight excluding hydrogens is 325 g/mol. The van der Waals surface area contributed by atoms with Gasteiger partial charge in [-0.15, -0.1) is 0 Å². The van der Waals surface area contributed by atoms with Crippen molar-refractivity contribution in [3.63, 3.8) is 0 Å². The third kappa shape index (κ3) is 3.15. The molecule has 24 heavy (non-hydrogen) atoms. The lowest BCUT2D eigenvalue weighted by Crippen LogP contribution is -2.34. The smallest absolute Gasteiger partial charge is 0.361 e. The number of nitrogens with zero attached hydrogens (tertiary/aromatic N) is 3. The van der Waals surface area contributed by atoms with E-state index in [1.54, 1.807) is 13.8 Å². The van der Waals surface area contributed by atoms with Crippen LogP contribution in [0.1, 0.15) is 39.8 Å². The first-order chi connectivity index (χ1) is 11.3. The van der Waals surface area contributed by atoms with E-state index in [0.29, 0.717) is 48.8 Å². The van der Waals surface area contributed by atoms with Crippen LogP contribution in [0, 0.1) is 19.8 Å². The van der Waals surface area contributed by atoms with Gasteiger partial charge in [-0.05, 0) is 26.2 Å². The fourth-order valence-electron chi connectivity index (χ4n) is 2.95. The molecule has 1 aliphatic rings. The van der Waals surface area contributed by atoms with Crippen LogP contribution in [0.3, 0.4) is 0 Å². The Labute approximate surface area is 136 Å². The largest absolute Gasteiger partial charge is 0.434 e. The molecule has 2 aromatic rings. The third-order valence-electron chi connectivity index (χ3n) is 4.19. The van der Waals surface area contributed by atoms with Gasteiger partial charge in [0.2, 0.25) is 0 Å². The molecule has 0 radical (unpaired) electrons. The molecule has 0 saturated heterocycles. The maximum absolute atomic E-state index is 12.7. The molecule has 1 amide bonds. The van der Waals surface area contributed by atoms with Crippen molar-refractivity contribution in [2.24, 2.45) is 5.92 Å². The number of nitrogens with one attached hydrogen (secondary N) is 1. The van der Waals surface area contributed by atoms with E-state index in [9.17, 15) is 18.0 Å². The molecule has 0 saturated carbocycles. The maximum atomic E-state index is 12.7. The highest BCUT2D eigenvalue weighted by atomic mass is 19.4. The zero-order valence-electron chi connectivity index (χ0n) is 13.3. The number of hydrogen-bond acceptors (Lipinski definition) is 4. The van der Waals surface area contributed by atoms with Crippen LogP contribution >= 0.6 is 0 Å². The lowest BCUT2D eigenvalue weighted by Gasteiger charge is -2.23. The van der Waals surface area contributed by atoms with Crippen LogP contribution in [0.25, 0.3) is 0 Å². The van der Waals surface area contributed by atoms with Crippen molar-refractivity contribution >= 4 is 5.91 Å². The van der Waals surface area contributed by atoms with Gasteiger partial charge in [0.05, 0.1) is 5.69 Å². The Bertz CT molecular complexity index is 744. The van der Waals surface area contributed by atoms with Gasteiger partial charge in [0.15, 0.2) is 5.69 Å².